The van der Waals surface area contributed by atoms with Crippen molar-refractivity contribution in [3.05, 3.63) is 59.7 Å². The molecule has 0 bridgehead atoms. The summed E-state index contributed by atoms with van der Waals surface area (Å²) in [5, 5.41) is 18.1. The van der Waals surface area contributed by atoms with E-state index >= 15 is 0 Å². The molecule has 19 heavy (non-hydrogen) atoms. The highest BCUT2D eigenvalue weighted by atomic mass is 32.2. The van der Waals surface area contributed by atoms with E-state index in [1.165, 1.54) is 23.9 Å². The van der Waals surface area contributed by atoms with Gasteiger partial charge in [-0.3, -0.25) is 0 Å². The predicted octanol–water partition coefficient (Wildman–Crippen LogP) is 1.94. The minimum atomic E-state index is -1.52. The van der Waals surface area contributed by atoms with E-state index in [2.05, 4.69) is 0 Å². The quantitative estimate of drug-likeness (QED) is 0.664. The van der Waals surface area contributed by atoms with Gasteiger partial charge in [0.25, 0.3) is 0 Å². The van der Waals surface area contributed by atoms with Crippen LogP contribution in [0.1, 0.15) is 5.56 Å². The Labute approximate surface area is 114 Å². The first kappa shape index (κ1) is 14.1. The van der Waals surface area contributed by atoms with Gasteiger partial charge in [0.15, 0.2) is 0 Å². The molecule has 6 heteroatoms. The van der Waals surface area contributed by atoms with Crippen LogP contribution in [-0.2, 0) is 5.75 Å². The number of rotatable bonds is 4. The average Bonchev–Trinajstić information content (AvgIpc) is 2.38. The Morgan fingerprint density at radius 3 is 2.53 bits per heavy atom. The Bertz CT molecular complexity index is 578. The highest BCUT2D eigenvalue weighted by Crippen LogP contribution is 2.25. The van der Waals surface area contributed by atoms with Gasteiger partial charge in [0.1, 0.15) is 11.6 Å². The van der Waals surface area contributed by atoms with Gasteiger partial charge in [-0.25, -0.2) is 8.78 Å². The van der Waals surface area contributed by atoms with Crippen LogP contribution < -0.4 is 5.46 Å². The fraction of sp³-hybridized carbons (Fsp3) is 0.0769. The van der Waals surface area contributed by atoms with Crippen molar-refractivity contribution in [2.75, 3.05) is 0 Å². The summed E-state index contributed by atoms with van der Waals surface area (Å²) in [4.78, 5) is 0.358. The van der Waals surface area contributed by atoms with Crippen LogP contribution in [0.15, 0.2) is 47.4 Å². The van der Waals surface area contributed by atoms with Gasteiger partial charge < -0.3 is 10.0 Å². The zero-order valence-electron chi connectivity index (χ0n) is 9.88. The van der Waals surface area contributed by atoms with Crippen molar-refractivity contribution < 1.29 is 18.8 Å². The molecule has 0 aliphatic carbocycles. The van der Waals surface area contributed by atoms with Crippen molar-refractivity contribution in [3.8, 4) is 0 Å². The lowest BCUT2D eigenvalue weighted by molar-refractivity contribution is 0.425. The van der Waals surface area contributed by atoms with E-state index in [4.69, 9.17) is 10.0 Å². The zero-order chi connectivity index (χ0) is 13.8. The Morgan fingerprint density at radius 2 is 1.84 bits per heavy atom. The summed E-state index contributed by atoms with van der Waals surface area (Å²) in [6, 6.07) is 10.2. The van der Waals surface area contributed by atoms with Crippen LogP contribution in [0, 0.1) is 11.6 Å². The van der Waals surface area contributed by atoms with E-state index in [9.17, 15) is 8.78 Å². The molecule has 0 radical (unpaired) electrons. The van der Waals surface area contributed by atoms with Gasteiger partial charge in [0.2, 0.25) is 0 Å². The Morgan fingerprint density at radius 1 is 1.05 bits per heavy atom. The van der Waals surface area contributed by atoms with Crippen LogP contribution >= 0.6 is 11.8 Å². The third kappa shape index (κ3) is 3.80. The summed E-state index contributed by atoms with van der Waals surface area (Å²) in [6.45, 7) is 0. The van der Waals surface area contributed by atoms with Crippen LogP contribution in [0.3, 0.4) is 0 Å². The van der Waals surface area contributed by atoms with E-state index in [1.54, 1.807) is 24.3 Å². The molecule has 2 N–H and O–H groups in total. The first-order valence-electron chi connectivity index (χ1n) is 5.59. The minimum absolute atomic E-state index is 0.358. The number of halogens is 2. The Balaban J connectivity index is 2.08. The van der Waals surface area contributed by atoms with E-state index in [-0.39, 0.29) is 0 Å². The largest absolute Gasteiger partial charge is 0.488 e. The second-order valence-electron chi connectivity index (χ2n) is 3.98. The molecule has 0 aliphatic rings. The zero-order valence-corrected chi connectivity index (χ0v) is 10.7. The molecule has 2 nitrogen and oxygen atoms in total. The monoisotopic (exact) mass is 280 g/mol. The molecule has 0 heterocycles. The molecular weight excluding hydrogens is 269 g/mol. The molecule has 0 spiro atoms. The van der Waals surface area contributed by atoms with E-state index < -0.39 is 18.8 Å². The van der Waals surface area contributed by atoms with Crippen LogP contribution in [0.5, 0.6) is 0 Å². The normalized spacial score (nSPS) is 10.5. The lowest BCUT2D eigenvalue weighted by atomic mass is 9.80. The molecule has 0 amide bonds. The summed E-state index contributed by atoms with van der Waals surface area (Å²) in [7, 11) is -1.52. The van der Waals surface area contributed by atoms with Crippen molar-refractivity contribution >= 4 is 24.3 Å². The van der Waals surface area contributed by atoms with Crippen LogP contribution in [0.2, 0.25) is 0 Å². The van der Waals surface area contributed by atoms with E-state index in [0.717, 1.165) is 11.6 Å². The van der Waals surface area contributed by atoms with Crippen molar-refractivity contribution in [2.24, 2.45) is 0 Å². The summed E-state index contributed by atoms with van der Waals surface area (Å²) in [5.41, 5.74) is 1.22. The summed E-state index contributed by atoms with van der Waals surface area (Å²) >= 11 is 1.22. The molecule has 0 unspecified atom stereocenters. The maximum absolute atomic E-state index is 13.4. The van der Waals surface area contributed by atoms with Gasteiger partial charge in [-0.05, 0) is 23.2 Å². The van der Waals surface area contributed by atoms with Crippen LogP contribution in [0.25, 0.3) is 0 Å². The molecule has 0 atom stereocenters. The third-order valence-electron chi connectivity index (χ3n) is 2.54. The Hall–Kier alpha value is -1.37. The molecule has 0 aromatic heterocycles. The Kier molecular flexibility index (Phi) is 4.58. The lowest BCUT2D eigenvalue weighted by Gasteiger charge is -2.05. The average molecular weight is 280 g/mol. The molecule has 0 aliphatic heterocycles. The van der Waals surface area contributed by atoms with Crippen molar-refractivity contribution in [3.63, 3.8) is 0 Å². The van der Waals surface area contributed by atoms with Gasteiger partial charge in [-0.1, -0.05) is 24.3 Å². The molecule has 0 fully saturated rings. The molecule has 2 aromatic rings. The highest BCUT2D eigenvalue weighted by molar-refractivity contribution is 7.98. The number of thioether (sulfide) groups is 1. The molecular formula is C13H11BF2O2S. The summed E-state index contributed by atoms with van der Waals surface area (Å²) in [6.07, 6.45) is 0. The number of hydrogen-bond acceptors (Lipinski definition) is 3. The van der Waals surface area contributed by atoms with Gasteiger partial charge in [0, 0.05) is 16.7 Å². The van der Waals surface area contributed by atoms with Gasteiger partial charge in [0.05, 0.1) is 0 Å². The van der Waals surface area contributed by atoms with Crippen LogP contribution in [0.4, 0.5) is 8.78 Å². The molecule has 0 saturated heterocycles. The summed E-state index contributed by atoms with van der Waals surface area (Å²) < 4.78 is 26.2. The lowest BCUT2D eigenvalue weighted by Crippen LogP contribution is -2.29. The second-order valence-corrected chi connectivity index (χ2v) is 5.00. The highest BCUT2D eigenvalue weighted by Gasteiger charge is 2.11. The first-order valence-corrected chi connectivity index (χ1v) is 6.57. The minimum Gasteiger partial charge on any atom is -0.423 e. The standard InChI is InChI=1S/C13H11BF2O2S/c15-11-4-5-13(12(16)7-11)19-8-9-2-1-3-10(6-9)14(17)18/h1-7,17-18H,8H2. The molecule has 2 rings (SSSR count). The van der Waals surface area contributed by atoms with Gasteiger partial charge >= 0.3 is 7.12 Å². The van der Waals surface area contributed by atoms with Gasteiger partial charge in [-0.2, -0.15) is 0 Å². The smallest absolute Gasteiger partial charge is 0.423 e. The SMILES string of the molecule is OB(O)c1cccc(CSc2ccc(F)cc2F)c1. The second kappa shape index (κ2) is 6.19. The number of hydrogen-bond donors (Lipinski definition) is 2. The summed E-state index contributed by atoms with van der Waals surface area (Å²) in [5.74, 6) is -0.737. The maximum atomic E-state index is 13.4. The fourth-order valence-corrected chi connectivity index (χ4v) is 2.46. The van der Waals surface area contributed by atoms with Crippen molar-refractivity contribution in [1.82, 2.24) is 0 Å². The first-order chi connectivity index (χ1) is 9.06. The topological polar surface area (TPSA) is 40.5 Å². The molecule has 98 valence electrons. The number of benzene rings is 2. The third-order valence-corrected chi connectivity index (χ3v) is 3.66. The van der Waals surface area contributed by atoms with E-state index in [1.807, 2.05) is 0 Å². The fourth-order valence-electron chi connectivity index (χ4n) is 1.60. The molecule has 0 saturated carbocycles. The van der Waals surface area contributed by atoms with Crippen molar-refractivity contribution in [1.29, 1.82) is 0 Å². The van der Waals surface area contributed by atoms with Crippen molar-refractivity contribution in [2.45, 2.75) is 10.6 Å². The van der Waals surface area contributed by atoms with Gasteiger partial charge in [-0.15, -0.1) is 11.8 Å². The maximum Gasteiger partial charge on any atom is 0.488 e. The predicted molar refractivity (Wildman–Crippen MR) is 72.2 cm³/mol. The van der Waals surface area contributed by atoms with E-state index in [0.29, 0.717) is 16.1 Å². The molecule has 2 aromatic carbocycles. The van der Waals surface area contributed by atoms with Crippen LogP contribution in [-0.4, -0.2) is 17.2 Å².